The van der Waals surface area contributed by atoms with E-state index in [1.54, 1.807) is 7.11 Å². The van der Waals surface area contributed by atoms with Gasteiger partial charge in [-0.05, 0) is 60.7 Å². The number of methoxy groups -OCH3 is 1. The van der Waals surface area contributed by atoms with Crippen LogP contribution in [-0.4, -0.2) is 37.0 Å². The number of nitrogens with one attached hydrogen (secondary N) is 1. The van der Waals surface area contributed by atoms with Gasteiger partial charge in [-0.25, -0.2) is 0 Å². The Hall–Kier alpha value is -3.18. The number of aliphatic hydroxyl groups excluding tert-OH is 1. The molecule has 2 N–H and O–H groups in total. The molecule has 4 rings (SSSR count). The van der Waals surface area contributed by atoms with Crippen molar-refractivity contribution in [2.45, 2.75) is 44.9 Å². The minimum absolute atomic E-state index is 0.161. The Labute approximate surface area is 214 Å². The van der Waals surface area contributed by atoms with Crippen molar-refractivity contribution in [2.75, 3.05) is 20.3 Å². The molecule has 0 spiro atoms. The maximum absolute atomic E-state index is 10.7. The second-order valence-electron chi connectivity index (χ2n) is 10.0. The third-order valence-corrected chi connectivity index (χ3v) is 6.61. The summed E-state index contributed by atoms with van der Waals surface area (Å²) >= 11 is 0. The van der Waals surface area contributed by atoms with Crippen LogP contribution in [0, 0.1) is 0 Å². The number of ether oxygens (including phenoxy) is 2. The van der Waals surface area contributed by atoms with E-state index in [9.17, 15) is 5.11 Å². The van der Waals surface area contributed by atoms with Gasteiger partial charge in [0.05, 0.1) is 25.9 Å². The topological polar surface area (TPSA) is 50.7 Å². The summed E-state index contributed by atoms with van der Waals surface area (Å²) < 4.78 is 11.7. The number of aliphatic hydroxyl groups is 1. The van der Waals surface area contributed by atoms with Gasteiger partial charge < -0.3 is 19.9 Å². The number of hydrogen-bond acceptors (Lipinski definition) is 4. The van der Waals surface area contributed by atoms with Crippen LogP contribution in [0.4, 0.5) is 0 Å². The Morgan fingerprint density at radius 2 is 1.50 bits per heavy atom. The molecule has 2 atom stereocenters. The van der Waals surface area contributed by atoms with Crippen molar-refractivity contribution < 1.29 is 14.6 Å². The van der Waals surface area contributed by atoms with Gasteiger partial charge >= 0.3 is 0 Å². The lowest BCUT2D eigenvalue weighted by atomic mass is 9.93. The van der Waals surface area contributed by atoms with Crippen molar-refractivity contribution >= 4 is 10.8 Å². The summed E-state index contributed by atoms with van der Waals surface area (Å²) in [5, 5.41) is 16.7. The van der Waals surface area contributed by atoms with Gasteiger partial charge in [0.1, 0.15) is 5.75 Å². The molecule has 0 aliphatic carbocycles. The predicted molar refractivity (Wildman–Crippen MR) is 149 cm³/mol. The van der Waals surface area contributed by atoms with Crippen molar-refractivity contribution in [1.82, 2.24) is 5.32 Å². The van der Waals surface area contributed by atoms with Gasteiger partial charge in [-0.3, -0.25) is 0 Å². The molecular formula is C32H37NO3. The average molecular weight is 484 g/mol. The highest BCUT2D eigenvalue weighted by Gasteiger charge is 2.21. The van der Waals surface area contributed by atoms with Crippen LogP contribution < -0.4 is 10.1 Å². The minimum Gasteiger partial charge on any atom is -0.496 e. The zero-order chi connectivity index (χ0) is 25.5. The smallest absolute Gasteiger partial charge is 0.126 e. The summed E-state index contributed by atoms with van der Waals surface area (Å²) in [6.07, 6.45) is 0.0850. The van der Waals surface area contributed by atoms with Gasteiger partial charge in [-0.15, -0.1) is 0 Å². The zero-order valence-electron chi connectivity index (χ0n) is 21.7. The van der Waals surface area contributed by atoms with Crippen LogP contribution in [-0.2, 0) is 11.2 Å². The Bertz CT molecular complexity index is 1280. The molecule has 0 heterocycles. The van der Waals surface area contributed by atoms with Crippen LogP contribution in [0.5, 0.6) is 5.75 Å². The van der Waals surface area contributed by atoms with Gasteiger partial charge in [0.2, 0.25) is 0 Å². The molecule has 188 valence electrons. The Morgan fingerprint density at radius 3 is 2.28 bits per heavy atom. The van der Waals surface area contributed by atoms with Crippen molar-refractivity contribution in [3.8, 4) is 16.9 Å². The molecule has 0 radical (unpaired) electrons. The highest BCUT2D eigenvalue weighted by Crippen LogP contribution is 2.35. The van der Waals surface area contributed by atoms with Crippen LogP contribution in [0.2, 0.25) is 0 Å². The average Bonchev–Trinajstić information content (AvgIpc) is 2.90. The summed E-state index contributed by atoms with van der Waals surface area (Å²) in [7, 11) is 1.69. The van der Waals surface area contributed by atoms with E-state index in [2.05, 4.69) is 79.8 Å². The minimum atomic E-state index is -0.609. The van der Waals surface area contributed by atoms with E-state index < -0.39 is 6.10 Å². The van der Waals surface area contributed by atoms with E-state index >= 15 is 0 Å². The quantitative estimate of drug-likeness (QED) is 0.253. The number of benzene rings is 4. The van der Waals surface area contributed by atoms with Crippen molar-refractivity contribution in [1.29, 1.82) is 0 Å². The highest BCUT2D eigenvalue weighted by atomic mass is 16.5. The van der Waals surface area contributed by atoms with E-state index in [0.29, 0.717) is 6.54 Å². The maximum atomic E-state index is 10.7. The normalized spacial score (nSPS) is 13.5. The lowest BCUT2D eigenvalue weighted by Gasteiger charge is -2.28. The summed E-state index contributed by atoms with van der Waals surface area (Å²) in [5.74, 6) is 0.829. The fraction of sp³-hybridized carbons (Fsp3) is 0.312. The largest absolute Gasteiger partial charge is 0.496 e. The molecule has 0 amide bonds. The third-order valence-electron chi connectivity index (χ3n) is 6.61. The Morgan fingerprint density at radius 1 is 0.833 bits per heavy atom. The molecule has 0 aliphatic rings. The molecule has 0 aliphatic heterocycles. The fourth-order valence-electron chi connectivity index (χ4n) is 4.68. The first-order valence-corrected chi connectivity index (χ1v) is 12.6. The first-order chi connectivity index (χ1) is 17.4. The second kappa shape index (κ2) is 11.7. The zero-order valence-corrected chi connectivity index (χ0v) is 21.7. The van der Waals surface area contributed by atoms with Gasteiger partial charge in [0, 0.05) is 17.6 Å². The molecule has 4 aromatic rings. The van der Waals surface area contributed by atoms with E-state index in [1.165, 1.54) is 16.3 Å². The summed E-state index contributed by atoms with van der Waals surface area (Å²) in [6, 6.07) is 31.2. The van der Waals surface area contributed by atoms with Gasteiger partial charge in [0.15, 0.2) is 0 Å². The molecule has 0 saturated carbocycles. The number of para-hydroxylation sites is 1. The summed E-state index contributed by atoms with van der Waals surface area (Å²) in [4.78, 5) is 0. The molecule has 4 aromatic carbocycles. The fourth-order valence-corrected chi connectivity index (χ4v) is 4.68. The number of β-amino-alcohol motifs (C(OH)–C–C–N with tert-alkyl or cyclic N) is 1. The molecule has 4 heteroatoms. The van der Waals surface area contributed by atoms with Gasteiger partial charge in [-0.2, -0.15) is 0 Å². The van der Waals surface area contributed by atoms with Crippen LogP contribution in [0.1, 0.15) is 38.0 Å². The third kappa shape index (κ3) is 6.52. The lowest BCUT2D eigenvalue weighted by molar-refractivity contribution is -0.00397. The molecule has 4 nitrogen and oxygen atoms in total. The lowest BCUT2D eigenvalue weighted by Crippen LogP contribution is -2.46. The summed E-state index contributed by atoms with van der Waals surface area (Å²) in [5.41, 5.74) is 4.29. The van der Waals surface area contributed by atoms with E-state index in [4.69, 9.17) is 9.47 Å². The highest BCUT2D eigenvalue weighted by molar-refractivity contribution is 5.83. The molecule has 1 unspecified atom stereocenters. The maximum Gasteiger partial charge on any atom is 0.126 e. The summed E-state index contributed by atoms with van der Waals surface area (Å²) in [6.45, 7) is 7.07. The Kier molecular flexibility index (Phi) is 8.42. The van der Waals surface area contributed by atoms with Gasteiger partial charge in [-0.1, -0.05) is 84.9 Å². The van der Waals surface area contributed by atoms with Gasteiger partial charge in [0.25, 0.3) is 0 Å². The molecule has 0 aromatic heterocycles. The first-order valence-electron chi connectivity index (χ1n) is 12.6. The molecule has 36 heavy (non-hydrogen) atoms. The van der Waals surface area contributed by atoms with Crippen molar-refractivity contribution in [3.05, 3.63) is 102 Å². The predicted octanol–water partition coefficient (Wildman–Crippen LogP) is 6.56. The van der Waals surface area contributed by atoms with Crippen molar-refractivity contribution in [3.63, 3.8) is 0 Å². The monoisotopic (exact) mass is 483 g/mol. The second-order valence-corrected chi connectivity index (χ2v) is 10.0. The Balaban J connectivity index is 1.33. The van der Waals surface area contributed by atoms with Crippen molar-refractivity contribution in [2.24, 2.45) is 0 Å². The van der Waals surface area contributed by atoms with E-state index in [0.717, 1.165) is 28.9 Å². The van der Waals surface area contributed by atoms with Crippen LogP contribution >= 0.6 is 0 Å². The number of hydrogen-bond donors (Lipinski definition) is 2. The molecular weight excluding hydrogens is 446 g/mol. The first kappa shape index (κ1) is 25.9. The van der Waals surface area contributed by atoms with E-state index in [1.807, 2.05) is 37.3 Å². The number of fused-ring (bicyclic) bond motifs is 1. The standard InChI is InChI=1S/C32H37NO3/c1-23(28-13-7-8-14-29(28)30-15-9-10-16-31(30)35-4)36-22-27(34)21-33-32(2,3)20-24-17-18-25-11-5-6-12-26(25)19-24/h5-19,23,27,33-34H,20-22H2,1-4H3/t23?,27-/m1/s1. The SMILES string of the molecule is COc1ccccc1-c1ccccc1C(C)OC[C@H](O)CNC(C)(C)Cc1ccc2ccccc2c1. The van der Waals surface area contributed by atoms with Crippen LogP contribution in [0.3, 0.4) is 0 Å². The number of rotatable bonds is 11. The van der Waals surface area contributed by atoms with Crippen LogP contribution in [0.25, 0.3) is 21.9 Å². The molecule has 0 saturated heterocycles. The van der Waals surface area contributed by atoms with Crippen LogP contribution in [0.15, 0.2) is 91.0 Å². The molecule has 0 fully saturated rings. The molecule has 0 bridgehead atoms. The van der Waals surface area contributed by atoms with E-state index in [-0.39, 0.29) is 18.2 Å².